The van der Waals surface area contributed by atoms with Gasteiger partial charge < -0.3 is 5.32 Å². The normalized spacial score (nSPS) is 34.0. The molecule has 2 bridgehead atoms. The molecule has 1 heterocycles. The molecule has 4 nitrogen and oxygen atoms in total. The largest absolute Gasteiger partial charge is 0.301 e. The maximum Gasteiger partial charge on any atom is 0.234 e. The number of amides is 1. The monoisotopic (exact) mass is 406 g/mol. The van der Waals surface area contributed by atoms with E-state index >= 15 is 0 Å². The molecule has 1 N–H and O–H groups in total. The van der Waals surface area contributed by atoms with Crippen LogP contribution < -0.4 is 5.32 Å². The number of carbonyl (C=O) groups excluding carboxylic acids is 2. The van der Waals surface area contributed by atoms with Crippen LogP contribution in [-0.2, 0) is 9.59 Å². The number of anilines is 1. The third-order valence-electron chi connectivity index (χ3n) is 6.64. The summed E-state index contributed by atoms with van der Waals surface area (Å²) < 4.78 is 1.04. The number of ketones is 1. The molecule has 2 aliphatic rings. The first kappa shape index (κ1) is 16.2. The SMILES string of the molecule is CC1(C)[C@@]2(C)CC[C@@]1(C(=O)Nc1nc3ccccc3s1)[C@@H](Br)C2=O. The molecule has 0 radical (unpaired) electrons. The Kier molecular flexibility index (Phi) is 3.30. The van der Waals surface area contributed by atoms with Crippen LogP contribution in [0, 0.1) is 16.2 Å². The van der Waals surface area contributed by atoms with Gasteiger partial charge in [0.1, 0.15) is 0 Å². The van der Waals surface area contributed by atoms with Gasteiger partial charge in [-0.3, -0.25) is 9.59 Å². The van der Waals surface area contributed by atoms with Crippen LogP contribution in [-0.4, -0.2) is 21.5 Å². The number of nitrogens with zero attached hydrogens (tertiary/aromatic N) is 1. The zero-order valence-electron chi connectivity index (χ0n) is 13.9. The van der Waals surface area contributed by atoms with Crippen molar-refractivity contribution in [2.75, 3.05) is 5.32 Å². The predicted octanol–water partition coefficient (Wildman–Crippen LogP) is 4.39. The summed E-state index contributed by atoms with van der Waals surface area (Å²) in [6.45, 7) is 6.11. The molecule has 0 spiro atoms. The Balaban J connectivity index is 1.72. The molecule has 1 amide bonds. The molecular weight excluding hydrogens is 388 g/mol. The van der Waals surface area contributed by atoms with Gasteiger partial charge in [0.2, 0.25) is 5.91 Å². The molecule has 126 valence electrons. The van der Waals surface area contributed by atoms with E-state index in [-0.39, 0.29) is 11.7 Å². The van der Waals surface area contributed by atoms with Crippen molar-refractivity contribution in [3.63, 3.8) is 0 Å². The van der Waals surface area contributed by atoms with Gasteiger partial charge in [-0.15, -0.1) is 0 Å². The van der Waals surface area contributed by atoms with Crippen molar-refractivity contribution < 1.29 is 9.59 Å². The number of carbonyl (C=O) groups is 2. The molecule has 4 rings (SSSR count). The molecule has 2 saturated carbocycles. The van der Waals surface area contributed by atoms with E-state index in [1.807, 2.05) is 31.2 Å². The van der Waals surface area contributed by atoms with Crippen molar-refractivity contribution in [1.82, 2.24) is 4.98 Å². The fourth-order valence-electron chi connectivity index (χ4n) is 4.59. The number of rotatable bonds is 2. The highest BCUT2D eigenvalue weighted by Gasteiger charge is 2.76. The summed E-state index contributed by atoms with van der Waals surface area (Å²) in [7, 11) is 0. The van der Waals surface area contributed by atoms with Crippen LogP contribution in [0.1, 0.15) is 33.6 Å². The molecule has 2 aliphatic carbocycles. The maximum absolute atomic E-state index is 13.3. The molecule has 0 unspecified atom stereocenters. The Morgan fingerprint density at radius 2 is 2.00 bits per heavy atom. The predicted molar refractivity (Wildman–Crippen MR) is 99.5 cm³/mol. The van der Waals surface area contributed by atoms with E-state index in [2.05, 4.69) is 40.1 Å². The van der Waals surface area contributed by atoms with Gasteiger partial charge >= 0.3 is 0 Å². The number of aromatic nitrogens is 1. The number of thiazole rings is 1. The topological polar surface area (TPSA) is 59.1 Å². The average Bonchev–Trinajstić information content (AvgIpc) is 3.06. The minimum atomic E-state index is -0.726. The molecule has 1 aromatic carbocycles. The summed E-state index contributed by atoms with van der Waals surface area (Å²) in [4.78, 5) is 30.1. The zero-order chi connectivity index (χ0) is 17.3. The van der Waals surface area contributed by atoms with Crippen molar-refractivity contribution in [1.29, 1.82) is 0 Å². The molecule has 0 aliphatic heterocycles. The molecule has 6 heteroatoms. The third kappa shape index (κ3) is 1.71. The lowest BCUT2D eigenvalue weighted by molar-refractivity contribution is -0.130. The van der Waals surface area contributed by atoms with Crippen LogP contribution in [0.15, 0.2) is 24.3 Å². The summed E-state index contributed by atoms with van der Waals surface area (Å²) in [6.07, 6.45) is 1.48. The van der Waals surface area contributed by atoms with Gasteiger partial charge in [0.05, 0.1) is 20.5 Å². The average molecular weight is 407 g/mol. The number of hydrogen-bond donors (Lipinski definition) is 1. The number of halogens is 1. The van der Waals surface area contributed by atoms with E-state index in [1.54, 1.807) is 0 Å². The Bertz CT molecular complexity index is 844. The number of para-hydroxylation sites is 1. The first-order valence-corrected chi connectivity index (χ1v) is 9.83. The highest BCUT2D eigenvalue weighted by atomic mass is 79.9. The summed E-state index contributed by atoms with van der Waals surface area (Å²) in [5.74, 6) is 0.0567. The number of benzene rings is 1. The summed E-state index contributed by atoms with van der Waals surface area (Å²) in [5.41, 5.74) is -0.696. The van der Waals surface area contributed by atoms with Gasteiger partial charge in [0.15, 0.2) is 10.9 Å². The molecule has 0 saturated heterocycles. The Morgan fingerprint density at radius 1 is 1.29 bits per heavy atom. The van der Waals surface area contributed by atoms with Gasteiger partial charge in [0.25, 0.3) is 0 Å². The number of Topliss-reactive ketones (excluding diaryl/α,β-unsaturated/α-hetero) is 1. The van der Waals surface area contributed by atoms with E-state index in [1.165, 1.54) is 11.3 Å². The molecule has 24 heavy (non-hydrogen) atoms. The second-order valence-corrected chi connectivity index (χ2v) is 9.54. The zero-order valence-corrected chi connectivity index (χ0v) is 16.3. The number of hydrogen-bond acceptors (Lipinski definition) is 4. The van der Waals surface area contributed by atoms with Gasteiger partial charge in [0, 0.05) is 5.41 Å². The molecular formula is C18H19BrN2O2S. The van der Waals surface area contributed by atoms with Gasteiger partial charge in [-0.1, -0.05) is 60.2 Å². The second kappa shape index (κ2) is 4.88. The smallest absolute Gasteiger partial charge is 0.234 e. The number of alkyl halides is 1. The second-order valence-electron chi connectivity index (χ2n) is 7.60. The van der Waals surface area contributed by atoms with Crippen LogP contribution >= 0.6 is 27.3 Å². The minimum Gasteiger partial charge on any atom is -0.301 e. The highest BCUT2D eigenvalue weighted by molar-refractivity contribution is 9.10. The fourth-order valence-corrected chi connectivity index (χ4v) is 6.96. The van der Waals surface area contributed by atoms with Crippen molar-refractivity contribution in [2.24, 2.45) is 16.2 Å². The highest BCUT2D eigenvalue weighted by Crippen LogP contribution is 2.72. The van der Waals surface area contributed by atoms with E-state index in [0.717, 1.165) is 23.1 Å². The van der Waals surface area contributed by atoms with E-state index in [0.29, 0.717) is 5.13 Å². The number of fused-ring (bicyclic) bond motifs is 3. The first-order valence-electron chi connectivity index (χ1n) is 8.09. The summed E-state index contributed by atoms with van der Waals surface area (Å²) >= 11 is 5.02. The fraction of sp³-hybridized carbons (Fsp3) is 0.500. The minimum absolute atomic E-state index is 0.0944. The standard InChI is InChI=1S/C18H19BrN2O2S/c1-16(2)17(3)8-9-18(16,12(19)13(17)22)14(23)21-15-20-10-6-4-5-7-11(10)24-15/h4-7,12H,8-9H2,1-3H3,(H,20,21,23)/t12-,17-,18-/m0/s1. The van der Waals surface area contributed by atoms with Gasteiger partial charge in [-0.2, -0.15) is 0 Å². The van der Waals surface area contributed by atoms with Crippen LogP contribution in [0.5, 0.6) is 0 Å². The van der Waals surface area contributed by atoms with Crippen LogP contribution in [0.3, 0.4) is 0 Å². The number of nitrogens with one attached hydrogen (secondary N) is 1. The molecule has 2 fully saturated rings. The van der Waals surface area contributed by atoms with E-state index in [9.17, 15) is 9.59 Å². The molecule has 2 aromatic rings. The van der Waals surface area contributed by atoms with E-state index in [4.69, 9.17) is 0 Å². The Morgan fingerprint density at radius 3 is 2.62 bits per heavy atom. The van der Waals surface area contributed by atoms with Gasteiger partial charge in [-0.05, 0) is 30.4 Å². The molecule has 1 aromatic heterocycles. The van der Waals surface area contributed by atoms with Crippen molar-refractivity contribution in [2.45, 2.75) is 38.4 Å². The Hall–Kier alpha value is -1.27. The molecule has 3 atom stereocenters. The third-order valence-corrected chi connectivity index (χ3v) is 8.79. The van der Waals surface area contributed by atoms with Crippen molar-refractivity contribution in [3.05, 3.63) is 24.3 Å². The lowest BCUT2D eigenvalue weighted by Gasteiger charge is -2.39. The van der Waals surface area contributed by atoms with Gasteiger partial charge in [-0.25, -0.2) is 4.98 Å². The van der Waals surface area contributed by atoms with E-state index < -0.39 is 21.1 Å². The Labute approximate surface area is 153 Å². The van der Waals surface area contributed by atoms with Crippen LogP contribution in [0.4, 0.5) is 5.13 Å². The van der Waals surface area contributed by atoms with Crippen molar-refractivity contribution in [3.8, 4) is 0 Å². The first-order chi connectivity index (χ1) is 11.2. The van der Waals surface area contributed by atoms with Crippen LogP contribution in [0.25, 0.3) is 10.2 Å². The van der Waals surface area contributed by atoms with Crippen LogP contribution in [0.2, 0.25) is 0 Å². The lowest BCUT2D eigenvalue weighted by atomic mass is 9.64. The maximum atomic E-state index is 13.3. The lowest BCUT2D eigenvalue weighted by Crippen LogP contribution is -2.47. The van der Waals surface area contributed by atoms with Crippen molar-refractivity contribution >= 4 is 54.3 Å². The summed E-state index contributed by atoms with van der Waals surface area (Å²) in [5, 5.41) is 3.60. The summed E-state index contributed by atoms with van der Waals surface area (Å²) in [6, 6.07) is 7.81. The quantitative estimate of drug-likeness (QED) is 0.751.